The van der Waals surface area contributed by atoms with Gasteiger partial charge in [0.25, 0.3) is 0 Å². The van der Waals surface area contributed by atoms with Crippen molar-refractivity contribution >= 4 is 15.6 Å². The second-order valence-electron chi connectivity index (χ2n) is 5.93. The molecule has 0 aliphatic heterocycles. The predicted octanol–water partition coefficient (Wildman–Crippen LogP) is 1.94. The van der Waals surface area contributed by atoms with Crippen LogP contribution in [0.3, 0.4) is 0 Å². The van der Waals surface area contributed by atoms with Crippen molar-refractivity contribution in [1.82, 2.24) is 5.32 Å². The molecular formula is C13H27NO3S. The maximum Gasteiger partial charge on any atom is 0.155 e. The molecule has 108 valence electrons. The molecule has 0 saturated heterocycles. The summed E-state index contributed by atoms with van der Waals surface area (Å²) in [6.07, 6.45) is 1.37. The lowest BCUT2D eigenvalue weighted by atomic mass is 10.2. The fourth-order valence-electron chi connectivity index (χ4n) is 1.36. The van der Waals surface area contributed by atoms with Crippen molar-refractivity contribution in [2.75, 3.05) is 12.3 Å². The van der Waals surface area contributed by atoms with Crippen LogP contribution in [0.1, 0.15) is 53.9 Å². The van der Waals surface area contributed by atoms with Crippen molar-refractivity contribution in [2.24, 2.45) is 0 Å². The molecule has 0 aliphatic rings. The molecule has 0 aliphatic carbocycles. The lowest BCUT2D eigenvalue weighted by Gasteiger charge is -2.18. The maximum atomic E-state index is 11.8. The van der Waals surface area contributed by atoms with E-state index in [1.807, 2.05) is 0 Å². The zero-order chi connectivity index (χ0) is 14.4. The van der Waals surface area contributed by atoms with Crippen LogP contribution >= 0.6 is 0 Å². The Labute approximate surface area is 111 Å². The lowest BCUT2D eigenvalue weighted by Crippen LogP contribution is -2.31. The first-order valence-electron chi connectivity index (χ1n) is 6.53. The smallest absolute Gasteiger partial charge is 0.155 e. The highest BCUT2D eigenvalue weighted by Gasteiger charge is 2.28. The molecule has 0 saturated carbocycles. The summed E-state index contributed by atoms with van der Waals surface area (Å²) in [6.45, 7) is 9.91. The van der Waals surface area contributed by atoms with E-state index in [9.17, 15) is 13.2 Å². The van der Waals surface area contributed by atoms with Crippen LogP contribution in [0.5, 0.6) is 0 Å². The van der Waals surface area contributed by atoms with Gasteiger partial charge >= 0.3 is 0 Å². The van der Waals surface area contributed by atoms with Crippen LogP contribution in [-0.2, 0) is 14.6 Å². The van der Waals surface area contributed by atoms with Gasteiger partial charge in [-0.05, 0) is 33.7 Å². The quantitative estimate of drug-likeness (QED) is 0.689. The molecule has 0 unspecified atom stereocenters. The van der Waals surface area contributed by atoms with Gasteiger partial charge in [0.2, 0.25) is 0 Å². The van der Waals surface area contributed by atoms with Gasteiger partial charge in [-0.15, -0.1) is 0 Å². The van der Waals surface area contributed by atoms with Gasteiger partial charge in [-0.25, -0.2) is 8.42 Å². The van der Waals surface area contributed by atoms with Gasteiger partial charge in [0.05, 0.1) is 10.5 Å². The van der Waals surface area contributed by atoms with Crippen LogP contribution in [0.15, 0.2) is 0 Å². The largest absolute Gasteiger partial charge is 0.315 e. The van der Waals surface area contributed by atoms with Crippen LogP contribution < -0.4 is 5.32 Å². The van der Waals surface area contributed by atoms with Crippen LogP contribution in [-0.4, -0.2) is 37.3 Å². The predicted molar refractivity (Wildman–Crippen MR) is 75.5 cm³/mol. The van der Waals surface area contributed by atoms with Crippen molar-refractivity contribution in [2.45, 2.75) is 64.7 Å². The van der Waals surface area contributed by atoms with Gasteiger partial charge in [-0.1, -0.05) is 13.8 Å². The first-order chi connectivity index (χ1) is 8.06. The molecule has 0 amide bonds. The van der Waals surface area contributed by atoms with Gasteiger partial charge in [0, 0.05) is 18.9 Å². The average Bonchev–Trinajstić information content (AvgIpc) is 2.19. The normalized spacial score (nSPS) is 13.0. The topological polar surface area (TPSA) is 63.2 Å². The SMILES string of the molecule is CC(C)NCCCC(=O)CCS(=O)(=O)C(C)(C)C. The molecule has 0 atom stereocenters. The van der Waals surface area contributed by atoms with E-state index in [1.54, 1.807) is 20.8 Å². The monoisotopic (exact) mass is 277 g/mol. The van der Waals surface area contributed by atoms with Crippen LogP contribution in [0.25, 0.3) is 0 Å². The summed E-state index contributed by atoms with van der Waals surface area (Å²) in [5, 5.41) is 3.23. The molecule has 1 N–H and O–H groups in total. The molecule has 0 bridgehead atoms. The van der Waals surface area contributed by atoms with Crippen LogP contribution in [0, 0.1) is 0 Å². The van der Waals surface area contributed by atoms with E-state index in [0.29, 0.717) is 12.5 Å². The molecule has 18 heavy (non-hydrogen) atoms. The van der Waals surface area contributed by atoms with E-state index in [4.69, 9.17) is 0 Å². The zero-order valence-electron chi connectivity index (χ0n) is 12.2. The van der Waals surface area contributed by atoms with Crippen molar-refractivity contribution in [3.05, 3.63) is 0 Å². The average molecular weight is 277 g/mol. The number of carbonyl (C=O) groups is 1. The molecule has 0 aromatic rings. The summed E-state index contributed by atoms with van der Waals surface area (Å²) in [6, 6.07) is 0.418. The maximum absolute atomic E-state index is 11.8. The zero-order valence-corrected chi connectivity index (χ0v) is 13.1. The lowest BCUT2D eigenvalue weighted by molar-refractivity contribution is -0.118. The number of sulfone groups is 1. The summed E-state index contributed by atoms with van der Waals surface area (Å²) < 4.78 is 22.9. The van der Waals surface area contributed by atoms with Gasteiger partial charge < -0.3 is 5.32 Å². The van der Waals surface area contributed by atoms with Crippen LogP contribution in [0.4, 0.5) is 0 Å². The molecule has 0 spiro atoms. The Balaban J connectivity index is 3.92. The minimum Gasteiger partial charge on any atom is -0.315 e. The fourth-order valence-corrected chi connectivity index (χ4v) is 2.46. The Hall–Kier alpha value is -0.420. The minimum atomic E-state index is -3.17. The first kappa shape index (κ1) is 17.6. The van der Waals surface area contributed by atoms with E-state index in [1.165, 1.54) is 0 Å². The van der Waals surface area contributed by atoms with E-state index in [2.05, 4.69) is 19.2 Å². The number of rotatable bonds is 8. The molecule has 0 fully saturated rings. The van der Waals surface area contributed by atoms with Crippen molar-refractivity contribution in [3.63, 3.8) is 0 Å². The third-order valence-corrected chi connectivity index (χ3v) is 5.38. The van der Waals surface area contributed by atoms with Gasteiger partial charge in [-0.2, -0.15) is 0 Å². The highest BCUT2D eigenvalue weighted by molar-refractivity contribution is 7.92. The molecular weight excluding hydrogens is 250 g/mol. The van der Waals surface area contributed by atoms with Gasteiger partial charge in [0.15, 0.2) is 9.84 Å². The Morgan fingerprint density at radius 2 is 1.72 bits per heavy atom. The van der Waals surface area contributed by atoms with E-state index in [0.717, 1.165) is 13.0 Å². The van der Waals surface area contributed by atoms with E-state index in [-0.39, 0.29) is 18.0 Å². The van der Waals surface area contributed by atoms with Gasteiger partial charge in [0.1, 0.15) is 5.78 Å². The Morgan fingerprint density at radius 1 is 1.17 bits per heavy atom. The summed E-state index contributed by atoms with van der Waals surface area (Å²) in [5.74, 6) is 0.000759. The molecule has 0 aromatic heterocycles. The highest BCUT2D eigenvalue weighted by Crippen LogP contribution is 2.17. The fraction of sp³-hybridized carbons (Fsp3) is 0.923. The summed E-state index contributed by atoms with van der Waals surface area (Å²) in [4.78, 5) is 11.6. The molecule has 0 rings (SSSR count). The Morgan fingerprint density at radius 3 is 2.17 bits per heavy atom. The molecule has 5 heteroatoms. The van der Waals surface area contributed by atoms with E-state index < -0.39 is 14.6 Å². The third kappa shape index (κ3) is 7.11. The second-order valence-corrected chi connectivity index (χ2v) is 8.79. The number of carbonyl (C=O) groups excluding carboxylic acids is 1. The number of Topliss-reactive ketones (excluding diaryl/α,β-unsaturated/α-hetero) is 1. The van der Waals surface area contributed by atoms with Crippen molar-refractivity contribution in [3.8, 4) is 0 Å². The summed E-state index contributed by atoms with van der Waals surface area (Å²) >= 11 is 0. The van der Waals surface area contributed by atoms with E-state index >= 15 is 0 Å². The van der Waals surface area contributed by atoms with Gasteiger partial charge in [-0.3, -0.25) is 4.79 Å². The molecule has 0 heterocycles. The van der Waals surface area contributed by atoms with Crippen molar-refractivity contribution < 1.29 is 13.2 Å². The third-order valence-electron chi connectivity index (χ3n) is 2.77. The second kappa shape index (κ2) is 7.24. The number of hydrogen-bond acceptors (Lipinski definition) is 4. The Kier molecular flexibility index (Phi) is 7.07. The molecule has 0 radical (unpaired) electrons. The number of ketones is 1. The van der Waals surface area contributed by atoms with Crippen molar-refractivity contribution in [1.29, 1.82) is 0 Å². The number of hydrogen-bond donors (Lipinski definition) is 1. The number of nitrogens with one attached hydrogen (secondary N) is 1. The summed E-state index contributed by atoms with van der Waals surface area (Å²) in [5.41, 5.74) is 0. The van der Waals surface area contributed by atoms with Crippen LogP contribution in [0.2, 0.25) is 0 Å². The minimum absolute atomic E-state index is 0.0348. The highest BCUT2D eigenvalue weighted by atomic mass is 32.2. The Bertz CT molecular complexity index is 353. The molecule has 4 nitrogen and oxygen atoms in total. The molecule has 0 aromatic carbocycles. The standard InChI is InChI=1S/C13H27NO3S/c1-11(2)14-9-6-7-12(15)8-10-18(16,17)13(3,4)5/h11,14H,6-10H2,1-5H3. The summed E-state index contributed by atoms with van der Waals surface area (Å²) in [7, 11) is -3.17. The first-order valence-corrected chi connectivity index (χ1v) is 8.19.